The number of carbonyl (C=O) groups excluding carboxylic acids is 1. The predicted octanol–water partition coefficient (Wildman–Crippen LogP) is 6.07. The van der Waals surface area contributed by atoms with Crippen LogP contribution in [0, 0.1) is 0 Å². The average molecular weight is 520 g/mol. The minimum atomic E-state index is -0.104. The molecule has 0 atom stereocenters. The van der Waals surface area contributed by atoms with Crippen LogP contribution in [0.1, 0.15) is 10.7 Å². The summed E-state index contributed by atoms with van der Waals surface area (Å²) < 4.78 is 2.94. The second-order valence-corrected chi connectivity index (χ2v) is 9.64. The molecule has 2 heterocycles. The van der Waals surface area contributed by atoms with Gasteiger partial charge in [0.05, 0.1) is 5.75 Å². The predicted molar refractivity (Wildman–Crippen MR) is 127 cm³/mol. The molecule has 0 unspecified atom stereocenters. The zero-order chi connectivity index (χ0) is 20.9. The van der Waals surface area contributed by atoms with Crippen LogP contribution in [0.5, 0.6) is 0 Å². The molecule has 0 aliphatic rings. The molecule has 5 nitrogen and oxygen atoms in total. The zero-order valence-electron chi connectivity index (χ0n) is 15.6. The number of rotatable bonds is 7. The Labute approximate surface area is 195 Å². The van der Waals surface area contributed by atoms with Gasteiger partial charge in [-0.3, -0.25) is 9.36 Å². The first-order valence-corrected chi connectivity index (χ1v) is 12.0. The van der Waals surface area contributed by atoms with Gasteiger partial charge in [-0.25, -0.2) is 0 Å². The summed E-state index contributed by atoms with van der Waals surface area (Å²) in [5.74, 6) is 0.934. The Balaban J connectivity index is 1.53. The molecule has 0 bridgehead atoms. The van der Waals surface area contributed by atoms with Crippen molar-refractivity contribution in [2.24, 2.45) is 0 Å². The van der Waals surface area contributed by atoms with Crippen LogP contribution in [-0.4, -0.2) is 26.4 Å². The van der Waals surface area contributed by atoms with E-state index in [1.807, 2.05) is 64.5 Å². The number of carbonyl (C=O) groups is 1. The highest BCUT2D eigenvalue weighted by atomic mass is 79.9. The summed E-state index contributed by atoms with van der Waals surface area (Å²) >= 11 is 12.5. The molecule has 0 aliphatic heterocycles. The second-order valence-electron chi connectivity index (χ2n) is 6.31. The first-order chi connectivity index (χ1) is 14.6. The van der Waals surface area contributed by atoms with E-state index in [2.05, 4.69) is 37.5 Å². The van der Waals surface area contributed by atoms with Crippen molar-refractivity contribution in [1.29, 1.82) is 0 Å². The fourth-order valence-corrected chi connectivity index (χ4v) is 4.65. The van der Waals surface area contributed by atoms with E-state index in [4.69, 9.17) is 11.6 Å². The van der Waals surface area contributed by atoms with Crippen molar-refractivity contribution in [2.45, 2.75) is 11.6 Å². The van der Waals surface area contributed by atoms with Crippen LogP contribution in [0.2, 0.25) is 5.02 Å². The topological polar surface area (TPSA) is 59.8 Å². The molecule has 30 heavy (non-hydrogen) atoms. The summed E-state index contributed by atoms with van der Waals surface area (Å²) in [5, 5.41) is 15.0. The van der Waals surface area contributed by atoms with E-state index in [1.165, 1.54) is 16.6 Å². The molecule has 0 aliphatic carbocycles. The number of nitrogens with one attached hydrogen (secondary N) is 1. The van der Waals surface area contributed by atoms with E-state index < -0.39 is 0 Å². The minimum Gasteiger partial charge on any atom is -0.325 e. The number of anilines is 1. The van der Waals surface area contributed by atoms with Crippen molar-refractivity contribution in [3.63, 3.8) is 0 Å². The van der Waals surface area contributed by atoms with Gasteiger partial charge < -0.3 is 5.32 Å². The lowest BCUT2D eigenvalue weighted by atomic mass is 10.3. The number of thiophene rings is 1. The number of nitrogens with zero attached hydrogens (tertiary/aromatic N) is 3. The molecule has 0 radical (unpaired) electrons. The Kier molecular flexibility index (Phi) is 6.89. The van der Waals surface area contributed by atoms with Crippen LogP contribution >= 0.6 is 50.6 Å². The normalized spacial score (nSPS) is 10.9. The smallest absolute Gasteiger partial charge is 0.234 e. The van der Waals surface area contributed by atoms with Crippen molar-refractivity contribution in [1.82, 2.24) is 14.8 Å². The maximum absolute atomic E-state index is 12.4. The van der Waals surface area contributed by atoms with E-state index in [9.17, 15) is 4.79 Å². The van der Waals surface area contributed by atoms with Crippen molar-refractivity contribution in [3.05, 3.63) is 86.2 Å². The summed E-state index contributed by atoms with van der Waals surface area (Å²) in [6.45, 7) is 0. The van der Waals surface area contributed by atoms with Gasteiger partial charge in [0.2, 0.25) is 5.91 Å². The Morgan fingerprint density at radius 1 is 1.10 bits per heavy atom. The average Bonchev–Trinajstić information content (AvgIpc) is 3.39. The van der Waals surface area contributed by atoms with E-state index in [0.717, 1.165) is 21.7 Å². The van der Waals surface area contributed by atoms with E-state index in [-0.39, 0.29) is 11.7 Å². The number of aromatic nitrogens is 3. The fourth-order valence-electron chi connectivity index (χ4n) is 2.79. The summed E-state index contributed by atoms with van der Waals surface area (Å²) in [7, 11) is 0. The van der Waals surface area contributed by atoms with Gasteiger partial charge in [-0.15, -0.1) is 21.5 Å². The van der Waals surface area contributed by atoms with Gasteiger partial charge in [0, 0.05) is 32.2 Å². The van der Waals surface area contributed by atoms with E-state index in [0.29, 0.717) is 16.6 Å². The van der Waals surface area contributed by atoms with Crippen molar-refractivity contribution in [3.8, 4) is 5.69 Å². The van der Waals surface area contributed by atoms with Gasteiger partial charge in [0.25, 0.3) is 0 Å². The minimum absolute atomic E-state index is 0.104. The summed E-state index contributed by atoms with van der Waals surface area (Å²) in [5.41, 5.74) is 1.66. The molecule has 4 rings (SSSR count). The number of halogens is 2. The molecule has 0 spiro atoms. The monoisotopic (exact) mass is 518 g/mol. The van der Waals surface area contributed by atoms with Crippen LogP contribution in [-0.2, 0) is 11.2 Å². The molecule has 2 aromatic heterocycles. The maximum atomic E-state index is 12.4. The summed E-state index contributed by atoms with van der Waals surface area (Å²) in [6, 6.07) is 19.1. The highest BCUT2D eigenvalue weighted by Gasteiger charge is 2.17. The Hall–Kier alpha value is -2.13. The zero-order valence-corrected chi connectivity index (χ0v) is 19.6. The van der Waals surface area contributed by atoms with Crippen molar-refractivity contribution < 1.29 is 4.79 Å². The molecular weight excluding hydrogens is 504 g/mol. The third kappa shape index (κ3) is 5.31. The van der Waals surface area contributed by atoms with Gasteiger partial charge >= 0.3 is 0 Å². The number of hydrogen-bond acceptors (Lipinski definition) is 5. The lowest BCUT2D eigenvalue weighted by Crippen LogP contribution is -2.14. The van der Waals surface area contributed by atoms with Gasteiger partial charge in [0.1, 0.15) is 5.82 Å². The van der Waals surface area contributed by atoms with Gasteiger partial charge in [0.15, 0.2) is 5.16 Å². The van der Waals surface area contributed by atoms with Crippen molar-refractivity contribution in [2.75, 3.05) is 11.1 Å². The molecule has 1 N–H and O–H groups in total. The van der Waals surface area contributed by atoms with Crippen LogP contribution in [0.3, 0.4) is 0 Å². The third-order valence-electron chi connectivity index (χ3n) is 4.16. The number of amides is 1. The van der Waals surface area contributed by atoms with E-state index >= 15 is 0 Å². The maximum Gasteiger partial charge on any atom is 0.234 e. The molecule has 4 aromatic rings. The van der Waals surface area contributed by atoms with Crippen LogP contribution < -0.4 is 5.32 Å². The molecular formula is C21H16BrClN4OS2. The molecule has 9 heteroatoms. The molecule has 0 saturated carbocycles. The van der Waals surface area contributed by atoms with Crippen LogP contribution in [0.4, 0.5) is 5.69 Å². The number of hydrogen-bond donors (Lipinski definition) is 1. The summed E-state index contributed by atoms with van der Waals surface area (Å²) in [4.78, 5) is 13.6. The molecule has 0 fully saturated rings. The van der Waals surface area contributed by atoms with Gasteiger partial charge in [-0.1, -0.05) is 45.4 Å². The molecule has 2 aromatic carbocycles. The highest BCUT2D eigenvalue weighted by Crippen LogP contribution is 2.26. The molecule has 1 amide bonds. The first-order valence-electron chi connectivity index (χ1n) is 8.99. The quantitative estimate of drug-likeness (QED) is 0.301. The number of benzene rings is 2. The second kappa shape index (κ2) is 9.78. The lowest BCUT2D eigenvalue weighted by Gasteiger charge is -2.10. The standard InChI is InChI=1S/C21H16BrClN4OS2/c22-14-3-7-16(8-4-14)24-20(28)13-30-21-26-25-19(12-18-2-1-11-29-18)27(21)17-9-5-15(23)6-10-17/h1-11H,12-13H2,(H,24,28). The SMILES string of the molecule is O=C(CSc1nnc(Cc2cccs2)n1-c1ccc(Cl)cc1)Nc1ccc(Br)cc1. The van der Waals surface area contributed by atoms with Gasteiger partial charge in [-0.05, 0) is 60.0 Å². The Bertz CT molecular complexity index is 1130. The highest BCUT2D eigenvalue weighted by molar-refractivity contribution is 9.10. The largest absolute Gasteiger partial charge is 0.325 e. The first kappa shape index (κ1) is 21.1. The van der Waals surface area contributed by atoms with E-state index in [1.54, 1.807) is 11.3 Å². The van der Waals surface area contributed by atoms with Gasteiger partial charge in [-0.2, -0.15) is 0 Å². The molecule has 152 valence electrons. The number of thioether (sulfide) groups is 1. The lowest BCUT2D eigenvalue weighted by molar-refractivity contribution is -0.113. The van der Waals surface area contributed by atoms with Crippen molar-refractivity contribution >= 4 is 62.2 Å². The molecule has 0 saturated heterocycles. The Morgan fingerprint density at radius 3 is 2.57 bits per heavy atom. The summed E-state index contributed by atoms with van der Waals surface area (Å²) in [6.07, 6.45) is 0.666. The Morgan fingerprint density at radius 2 is 1.87 bits per heavy atom. The fraction of sp³-hybridized carbons (Fsp3) is 0.0952. The van der Waals surface area contributed by atoms with Crippen LogP contribution in [0.25, 0.3) is 5.69 Å². The van der Waals surface area contributed by atoms with Crippen LogP contribution in [0.15, 0.2) is 75.7 Å². The third-order valence-corrected chi connectivity index (χ3v) is 6.74.